The van der Waals surface area contributed by atoms with Gasteiger partial charge < -0.3 is 10.2 Å². The minimum atomic E-state index is -0.334. The highest BCUT2D eigenvalue weighted by atomic mass is 19.1. The molecular weight excluding hydrogens is 319 g/mol. The van der Waals surface area contributed by atoms with Crippen molar-refractivity contribution in [3.8, 4) is 0 Å². The smallest absolute Gasteiger partial charge is 0.270 e. The highest BCUT2D eigenvalue weighted by Gasteiger charge is 2.14. The van der Waals surface area contributed by atoms with Crippen LogP contribution in [0.15, 0.2) is 30.3 Å². The van der Waals surface area contributed by atoms with Gasteiger partial charge in [-0.15, -0.1) is 0 Å². The number of benzene rings is 1. The molecule has 0 aliphatic heterocycles. The van der Waals surface area contributed by atoms with Crippen LogP contribution in [0.5, 0.6) is 0 Å². The molecule has 6 heteroatoms. The van der Waals surface area contributed by atoms with Crippen molar-refractivity contribution in [2.45, 2.75) is 40.2 Å². The molecule has 0 unspecified atom stereocenters. The number of rotatable bonds is 8. The summed E-state index contributed by atoms with van der Waals surface area (Å²) in [6.45, 7) is 7.86. The summed E-state index contributed by atoms with van der Waals surface area (Å²) in [5.41, 5.74) is 0.747. The Kier molecular flexibility index (Phi) is 6.86. The average Bonchev–Trinajstić information content (AvgIpc) is 2.60. The number of aryl methyl sites for hydroxylation is 1. The van der Waals surface area contributed by atoms with Crippen molar-refractivity contribution in [3.63, 3.8) is 0 Å². The lowest BCUT2D eigenvalue weighted by atomic mass is 10.2. The summed E-state index contributed by atoms with van der Waals surface area (Å²) in [5.74, 6) is 0.639. The van der Waals surface area contributed by atoms with Gasteiger partial charge >= 0.3 is 0 Å². The van der Waals surface area contributed by atoms with Crippen LogP contribution in [0.25, 0.3) is 0 Å². The highest BCUT2D eigenvalue weighted by molar-refractivity contribution is 5.92. The van der Waals surface area contributed by atoms with Crippen molar-refractivity contribution in [2.75, 3.05) is 18.0 Å². The van der Waals surface area contributed by atoms with Crippen LogP contribution in [0, 0.1) is 12.7 Å². The van der Waals surface area contributed by atoms with Crippen molar-refractivity contribution in [2.24, 2.45) is 0 Å². The van der Waals surface area contributed by atoms with Crippen LogP contribution >= 0.6 is 0 Å². The summed E-state index contributed by atoms with van der Waals surface area (Å²) in [5, 5.41) is 2.73. The fourth-order valence-electron chi connectivity index (χ4n) is 2.62. The molecule has 1 heterocycles. The standard InChI is InChI=1S/C19H25FN4O/c1-4-10-24(11-5-2)18-12-17(22-14(3)23-18)19(25)21-13-15-8-6-7-9-16(15)20/h6-9,12H,4-5,10-11,13H2,1-3H3,(H,21,25). The Morgan fingerprint density at radius 2 is 1.84 bits per heavy atom. The summed E-state index contributed by atoms with van der Waals surface area (Å²) >= 11 is 0. The van der Waals surface area contributed by atoms with E-state index in [9.17, 15) is 9.18 Å². The van der Waals surface area contributed by atoms with Crippen LogP contribution in [-0.4, -0.2) is 29.0 Å². The van der Waals surface area contributed by atoms with E-state index >= 15 is 0 Å². The molecule has 0 saturated heterocycles. The van der Waals surface area contributed by atoms with E-state index in [1.165, 1.54) is 6.07 Å². The minimum Gasteiger partial charge on any atom is -0.357 e. The lowest BCUT2D eigenvalue weighted by molar-refractivity contribution is 0.0945. The Morgan fingerprint density at radius 3 is 2.48 bits per heavy atom. The first kappa shape index (κ1) is 18.8. The third-order valence-corrected chi connectivity index (χ3v) is 3.77. The number of nitrogens with one attached hydrogen (secondary N) is 1. The molecule has 0 aliphatic rings. The Labute approximate surface area is 148 Å². The largest absolute Gasteiger partial charge is 0.357 e. The van der Waals surface area contributed by atoms with E-state index in [-0.39, 0.29) is 18.3 Å². The van der Waals surface area contributed by atoms with Gasteiger partial charge in [-0.2, -0.15) is 0 Å². The predicted molar refractivity (Wildman–Crippen MR) is 97.1 cm³/mol. The minimum absolute atomic E-state index is 0.123. The van der Waals surface area contributed by atoms with Gasteiger partial charge in [0.25, 0.3) is 5.91 Å². The number of carbonyl (C=O) groups is 1. The highest BCUT2D eigenvalue weighted by Crippen LogP contribution is 2.14. The molecule has 0 fully saturated rings. The number of carbonyl (C=O) groups excluding carboxylic acids is 1. The Morgan fingerprint density at radius 1 is 1.16 bits per heavy atom. The number of aromatic nitrogens is 2. The maximum atomic E-state index is 13.7. The number of nitrogens with zero attached hydrogens (tertiary/aromatic N) is 3. The molecule has 1 amide bonds. The van der Waals surface area contributed by atoms with E-state index < -0.39 is 0 Å². The quantitative estimate of drug-likeness (QED) is 0.796. The van der Waals surface area contributed by atoms with Gasteiger partial charge in [-0.1, -0.05) is 32.0 Å². The van der Waals surface area contributed by atoms with Gasteiger partial charge in [0.2, 0.25) is 0 Å². The van der Waals surface area contributed by atoms with E-state index in [0.717, 1.165) is 31.7 Å². The topological polar surface area (TPSA) is 58.1 Å². The summed E-state index contributed by atoms with van der Waals surface area (Å²) in [6, 6.07) is 8.09. The van der Waals surface area contributed by atoms with Crippen molar-refractivity contribution in [3.05, 3.63) is 53.2 Å². The number of anilines is 1. The zero-order valence-electron chi connectivity index (χ0n) is 15.1. The molecular formula is C19H25FN4O. The maximum absolute atomic E-state index is 13.7. The van der Waals surface area contributed by atoms with Crippen LogP contribution in [-0.2, 0) is 6.54 Å². The van der Waals surface area contributed by atoms with E-state index in [2.05, 4.69) is 34.0 Å². The van der Waals surface area contributed by atoms with E-state index in [1.54, 1.807) is 31.2 Å². The first-order valence-corrected chi connectivity index (χ1v) is 8.67. The molecule has 1 aromatic heterocycles. The van der Waals surface area contributed by atoms with Gasteiger partial charge in [0.1, 0.15) is 23.2 Å². The summed E-state index contributed by atoms with van der Waals surface area (Å²) in [4.78, 5) is 23.3. The fraction of sp³-hybridized carbons (Fsp3) is 0.421. The lowest BCUT2D eigenvalue weighted by Crippen LogP contribution is -2.28. The zero-order valence-corrected chi connectivity index (χ0v) is 15.1. The molecule has 0 bridgehead atoms. The summed E-state index contributed by atoms with van der Waals surface area (Å²) < 4.78 is 13.7. The van der Waals surface area contributed by atoms with E-state index in [0.29, 0.717) is 17.1 Å². The van der Waals surface area contributed by atoms with Crippen molar-refractivity contribution in [1.82, 2.24) is 15.3 Å². The molecule has 1 N–H and O–H groups in total. The number of halogens is 1. The van der Waals surface area contributed by atoms with Crippen LogP contribution in [0.1, 0.15) is 48.6 Å². The Bertz CT molecular complexity index is 714. The SMILES string of the molecule is CCCN(CCC)c1cc(C(=O)NCc2ccccc2F)nc(C)n1. The normalized spacial score (nSPS) is 10.6. The van der Waals surface area contributed by atoms with Gasteiger partial charge in [0.15, 0.2) is 0 Å². The third kappa shape index (κ3) is 5.24. The van der Waals surface area contributed by atoms with Crippen molar-refractivity contribution >= 4 is 11.7 Å². The number of hydrogen-bond donors (Lipinski definition) is 1. The monoisotopic (exact) mass is 344 g/mol. The Balaban J connectivity index is 2.15. The van der Waals surface area contributed by atoms with Crippen LogP contribution in [0.2, 0.25) is 0 Å². The fourth-order valence-corrected chi connectivity index (χ4v) is 2.62. The second kappa shape index (κ2) is 9.11. The van der Waals surface area contributed by atoms with E-state index in [1.807, 2.05) is 0 Å². The molecule has 0 aliphatic carbocycles. The number of amides is 1. The molecule has 2 aromatic rings. The first-order chi connectivity index (χ1) is 12.0. The van der Waals surface area contributed by atoms with E-state index in [4.69, 9.17) is 0 Å². The van der Waals surface area contributed by atoms with Gasteiger partial charge in [-0.25, -0.2) is 14.4 Å². The van der Waals surface area contributed by atoms with Crippen molar-refractivity contribution in [1.29, 1.82) is 0 Å². The van der Waals surface area contributed by atoms with Gasteiger partial charge in [-0.05, 0) is 25.8 Å². The molecule has 0 atom stereocenters. The second-order valence-corrected chi connectivity index (χ2v) is 5.92. The van der Waals surface area contributed by atoms with Gasteiger partial charge in [0.05, 0.1) is 0 Å². The molecule has 0 saturated carbocycles. The average molecular weight is 344 g/mol. The molecule has 0 radical (unpaired) electrons. The molecule has 134 valence electrons. The molecule has 2 rings (SSSR count). The molecule has 0 spiro atoms. The predicted octanol–water partition coefficient (Wildman–Crippen LogP) is 3.48. The van der Waals surface area contributed by atoms with Crippen LogP contribution in [0.4, 0.5) is 10.2 Å². The van der Waals surface area contributed by atoms with Gasteiger partial charge in [-0.3, -0.25) is 4.79 Å². The first-order valence-electron chi connectivity index (χ1n) is 8.67. The summed E-state index contributed by atoms with van der Waals surface area (Å²) in [6.07, 6.45) is 2.00. The Hall–Kier alpha value is -2.50. The lowest BCUT2D eigenvalue weighted by Gasteiger charge is -2.23. The summed E-state index contributed by atoms with van der Waals surface area (Å²) in [7, 11) is 0. The third-order valence-electron chi connectivity index (χ3n) is 3.77. The van der Waals surface area contributed by atoms with Crippen molar-refractivity contribution < 1.29 is 9.18 Å². The second-order valence-electron chi connectivity index (χ2n) is 5.92. The maximum Gasteiger partial charge on any atom is 0.270 e. The van der Waals surface area contributed by atoms with Gasteiger partial charge in [0, 0.05) is 31.3 Å². The zero-order chi connectivity index (χ0) is 18.2. The van der Waals surface area contributed by atoms with Crippen LogP contribution in [0.3, 0.4) is 0 Å². The molecule has 5 nitrogen and oxygen atoms in total. The molecule has 25 heavy (non-hydrogen) atoms. The molecule has 1 aromatic carbocycles. The number of hydrogen-bond acceptors (Lipinski definition) is 4. The van der Waals surface area contributed by atoms with Crippen LogP contribution < -0.4 is 10.2 Å².